The van der Waals surface area contributed by atoms with Crippen LogP contribution < -0.4 is 5.32 Å². The first-order chi connectivity index (χ1) is 11.1. The van der Waals surface area contributed by atoms with Crippen LogP contribution in [0.25, 0.3) is 0 Å². The van der Waals surface area contributed by atoms with Crippen molar-refractivity contribution in [3.63, 3.8) is 0 Å². The molecule has 1 aliphatic rings. The number of rotatable bonds is 7. The van der Waals surface area contributed by atoms with E-state index in [0.29, 0.717) is 31.6 Å². The van der Waals surface area contributed by atoms with E-state index >= 15 is 0 Å². The van der Waals surface area contributed by atoms with Gasteiger partial charge in [0.15, 0.2) is 0 Å². The maximum Gasteiger partial charge on any atom is 0.251 e. The summed E-state index contributed by atoms with van der Waals surface area (Å²) in [5.74, 6) is -0.105. The Bertz CT molecular complexity index is 527. The molecule has 126 valence electrons. The Balaban J connectivity index is 1.74. The van der Waals surface area contributed by atoms with Gasteiger partial charge in [0.1, 0.15) is 0 Å². The first kappa shape index (κ1) is 17.9. The number of halogens is 1. The number of hydrogen-bond acceptors (Lipinski definition) is 3. The number of amides is 2. The molecule has 2 rings (SSSR count). The highest BCUT2D eigenvalue weighted by atomic mass is 79.9. The molecule has 0 aliphatic carbocycles. The molecule has 5 nitrogen and oxygen atoms in total. The number of hydrogen-bond donors (Lipinski definition) is 1. The lowest BCUT2D eigenvalue weighted by Crippen LogP contribution is -2.39. The third-order valence-corrected chi connectivity index (χ3v) is 4.44. The van der Waals surface area contributed by atoms with Crippen molar-refractivity contribution in [2.24, 2.45) is 0 Å². The van der Waals surface area contributed by atoms with Crippen LogP contribution in [0.3, 0.4) is 0 Å². The van der Waals surface area contributed by atoms with Gasteiger partial charge >= 0.3 is 0 Å². The summed E-state index contributed by atoms with van der Waals surface area (Å²) in [4.78, 5) is 26.0. The second kappa shape index (κ2) is 9.03. The molecule has 0 saturated carbocycles. The van der Waals surface area contributed by atoms with Crippen molar-refractivity contribution < 1.29 is 14.3 Å². The molecule has 1 aromatic carbocycles. The molecular weight excluding hydrogens is 360 g/mol. The van der Waals surface area contributed by atoms with Crippen molar-refractivity contribution in [3.05, 3.63) is 34.3 Å². The quantitative estimate of drug-likeness (QED) is 0.788. The van der Waals surface area contributed by atoms with Gasteiger partial charge in [-0.2, -0.15) is 0 Å². The summed E-state index contributed by atoms with van der Waals surface area (Å²) in [7, 11) is 0. The maximum absolute atomic E-state index is 12.2. The first-order valence-corrected chi connectivity index (χ1v) is 8.82. The fourth-order valence-electron chi connectivity index (χ4n) is 2.59. The van der Waals surface area contributed by atoms with E-state index in [0.717, 1.165) is 23.9 Å². The standard InChI is InChI=1S/C17H23BrN2O3/c1-2-20(12-15-4-3-11-23-15)16(21)9-10-19-17(22)13-5-7-14(18)8-6-13/h5-8,15H,2-4,9-12H2,1H3,(H,19,22). The Kier molecular flexibility index (Phi) is 7.05. The van der Waals surface area contributed by atoms with E-state index in [-0.39, 0.29) is 17.9 Å². The second-order valence-corrected chi connectivity index (χ2v) is 6.50. The minimum absolute atomic E-state index is 0.0547. The van der Waals surface area contributed by atoms with Crippen molar-refractivity contribution in [1.82, 2.24) is 10.2 Å². The van der Waals surface area contributed by atoms with Crippen LogP contribution in [-0.2, 0) is 9.53 Å². The predicted octanol–water partition coefficient (Wildman–Crippen LogP) is 2.60. The Labute approximate surface area is 145 Å². The third-order valence-electron chi connectivity index (χ3n) is 3.91. The zero-order valence-corrected chi connectivity index (χ0v) is 15.0. The van der Waals surface area contributed by atoms with Crippen LogP contribution in [0.1, 0.15) is 36.5 Å². The molecule has 1 aromatic rings. The van der Waals surface area contributed by atoms with Gasteiger partial charge in [-0.25, -0.2) is 0 Å². The number of nitrogens with zero attached hydrogens (tertiary/aromatic N) is 1. The molecule has 1 fully saturated rings. The minimum Gasteiger partial charge on any atom is -0.376 e. The molecule has 2 amide bonds. The summed E-state index contributed by atoms with van der Waals surface area (Å²) in [6.45, 7) is 4.41. The predicted molar refractivity (Wildman–Crippen MR) is 92.3 cm³/mol. The number of ether oxygens (including phenoxy) is 1. The number of likely N-dealkylation sites (N-methyl/N-ethyl adjacent to an activating group) is 1. The average molecular weight is 383 g/mol. The third kappa shape index (κ3) is 5.62. The molecule has 1 N–H and O–H groups in total. The van der Waals surface area contributed by atoms with Crippen LogP contribution in [0.15, 0.2) is 28.7 Å². The van der Waals surface area contributed by atoms with E-state index in [4.69, 9.17) is 4.74 Å². The molecular formula is C17H23BrN2O3. The Hall–Kier alpha value is -1.40. The van der Waals surface area contributed by atoms with Gasteiger partial charge in [0, 0.05) is 42.7 Å². The van der Waals surface area contributed by atoms with Gasteiger partial charge < -0.3 is 15.0 Å². The highest BCUT2D eigenvalue weighted by Crippen LogP contribution is 2.14. The zero-order chi connectivity index (χ0) is 16.7. The normalized spacial score (nSPS) is 17.0. The van der Waals surface area contributed by atoms with E-state index in [1.807, 2.05) is 24.0 Å². The van der Waals surface area contributed by atoms with Crippen LogP contribution in [0.2, 0.25) is 0 Å². The van der Waals surface area contributed by atoms with Gasteiger partial charge in [-0.05, 0) is 44.0 Å². The molecule has 1 aliphatic heterocycles. The topological polar surface area (TPSA) is 58.6 Å². The molecule has 0 bridgehead atoms. The molecule has 1 heterocycles. The smallest absolute Gasteiger partial charge is 0.251 e. The first-order valence-electron chi connectivity index (χ1n) is 8.03. The van der Waals surface area contributed by atoms with E-state index in [1.165, 1.54) is 0 Å². The van der Waals surface area contributed by atoms with Crippen molar-refractivity contribution in [1.29, 1.82) is 0 Å². The number of nitrogens with one attached hydrogen (secondary N) is 1. The molecule has 1 saturated heterocycles. The van der Waals surface area contributed by atoms with Crippen molar-refractivity contribution in [2.75, 3.05) is 26.2 Å². The average Bonchev–Trinajstić information content (AvgIpc) is 3.06. The number of benzene rings is 1. The molecule has 23 heavy (non-hydrogen) atoms. The van der Waals surface area contributed by atoms with Crippen LogP contribution in [0.4, 0.5) is 0 Å². The minimum atomic E-state index is -0.160. The van der Waals surface area contributed by atoms with Crippen LogP contribution in [0.5, 0.6) is 0 Å². The molecule has 1 unspecified atom stereocenters. The summed E-state index contributed by atoms with van der Waals surface area (Å²) in [6, 6.07) is 7.13. The monoisotopic (exact) mass is 382 g/mol. The van der Waals surface area contributed by atoms with Gasteiger partial charge in [-0.15, -0.1) is 0 Å². The van der Waals surface area contributed by atoms with Crippen LogP contribution >= 0.6 is 15.9 Å². The second-order valence-electron chi connectivity index (χ2n) is 5.58. The molecule has 0 spiro atoms. The Morgan fingerprint density at radius 2 is 2.09 bits per heavy atom. The fraction of sp³-hybridized carbons (Fsp3) is 0.529. The van der Waals surface area contributed by atoms with Crippen molar-refractivity contribution >= 4 is 27.7 Å². The van der Waals surface area contributed by atoms with Crippen molar-refractivity contribution in [3.8, 4) is 0 Å². The lowest BCUT2D eigenvalue weighted by molar-refractivity contribution is -0.132. The van der Waals surface area contributed by atoms with Crippen LogP contribution in [-0.4, -0.2) is 49.1 Å². The summed E-state index contributed by atoms with van der Waals surface area (Å²) in [6.07, 6.45) is 2.56. The number of carbonyl (C=O) groups is 2. The van der Waals surface area contributed by atoms with Gasteiger partial charge in [-0.1, -0.05) is 15.9 Å². The van der Waals surface area contributed by atoms with Gasteiger partial charge in [0.2, 0.25) is 5.91 Å². The summed E-state index contributed by atoms with van der Waals surface area (Å²) >= 11 is 3.33. The molecule has 0 aromatic heterocycles. The van der Waals surface area contributed by atoms with Gasteiger partial charge in [-0.3, -0.25) is 9.59 Å². The highest BCUT2D eigenvalue weighted by Gasteiger charge is 2.21. The molecule has 0 radical (unpaired) electrons. The van der Waals surface area contributed by atoms with Crippen LogP contribution in [0, 0.1) is 0 Å². The lowest BCUT2D eigenvalue weighted by atomic mass is 10.2. The van der Waals surface area contributed by atoms with E-state index in [9.17, 15) is 9.59 Å². The summed E-state index contributed by atoms with van der Waals surface area (Å²) < 4.78 is 6.51. The van der Waals surface area contributed by atoms with E-state index in [2.05, 4.69) is 21.2 Å². The summed E-state index contributed by atoms with van der Waals surface area (Å²) in [5.41, 5.74) is 0.590. The highest BCUT2D eigenvalue weighted by molar-refractivity contribution is 9.10. The van der Waals surface area contributed by atoms with Gasteiger partial charge in [0.25, 0.3) is 5.91 Å². The Morgan fingerprint density at radius 3 is 2.70 bits per heavy atom. The van der Waals surface area contributed by atoms with E-state index < -0.39 is 0 Å². The van der Waals surface area contributed by atoms with Gasteiger partial charge in [0.05, 0.1) is 6.10 Å². The molecule has 1 atom stereocenters. The van der Waals surface area contributed by atoms with Crippen molar-refractivity contribution in [2.45, 2.75) is 32.3 Å². The maximum atomic E-state index is 12.2. The molecule has 6 heteroatoms. The lowest BCUT2D eigenvalue weighted by Gasteiger charge is -2.24. The van der Waals surface area contributed by atoms with E-state index in [1.54, 1.807) is 12.1 Å². The Morgan fingerprint density at radius 1 is 1.35 bits per heavy atom. The SMILES string of the molecule is CCN(CC1CCCO1)C(=O)CCNC(=O)c1ccc(Br)cc1. The largest absolute Gasteiger partial charge is 0.376 e. The summed E-state index contributed by atoms with van der Waals surface area (Å²) in [5, 5.41) is 2.79. The zero-order valence-electron chi connectivity index (χ0n) is 13.4. The number of carbonyl (C=O) groups excluding carboxylic acids is 2. The fourth-order valence-corrected chi connectivity index (χ4v) is 2.85.